The second-order valence-electron chi connectivity index (χ2n) is 6.22. The van der Waals surface area contributed by atoms with E-state index in [4.69, 9.17) is 11.6 Å². The lowest BCUT2D eigenvalue weighted by atomic mass is 10.1. The minimum Gasteiger partial charge on any atom is -0.248 e. The van der Waals surface area contributed by atoms with Crippen molar-refractivity contribution in [2.24, 2.45) is 0 Å². The van der Waals surface area contributed by atoms with Crippen molar-refractivity contribution >= 4 is 21.6 Å². The van der Waals surface area contributed by atoms with Crippen molar-refractivity contribution in [3.63, 3.8) is 0 Å². The lowest BCUT2D eigenvalue weighted by Crippen LogP contribution is -2.29. The molecule has 6 nitrogen and oxygen atoms in total. The smallest absolute Gasteiger partial charge is 0.243 e. The third kappa shape index (κ3) is 3.25. The van der Waals surface area contributed by atoms with Crippen LogP contribution in [-0.4, -0.2) is 40.8 Å². The number of hydrogen-bond acceptors (Lipinski definition) is 4. The molecule has 0 unspecified atom stereocenters. The number of halogens is 1. The lowest BCUT2D eigenvalue weighted by Gasteiger charge is -2.17. The first-order valence-corrected chi connectivity index (χ1v) is 10.1. The molecule has 1 aliphatic heterocycles. The van der Waals surface area contributed by atoms with Gasteiger partial charge in [-0.3, -0.25) is 0 Å². The third-order valence-electron chi connectivity index (χ3n) is 4.59. The molecule has 0 N–H and O–H groups in total. The molecule has 3 aromatic rings. The molecule has 134 valence electrons. The summed E-state index contributed by atoms with van der Waals surface area (Å²) in [4.78, 5) is 0.294. The first-order chi connectivity index (χ1) is 12.5. The molecule has 1 atom stereocenters. The molecule has 1 saturated heterocycles. The molecule has 0 spiro atoms. The fourth-order valence-electron chi connectivity index (χ4n) is 3.19. The molecule has 1 aliphatic rings. The molecule has 1 aromatic heterocycles. The third-order valence-corrected chi connectivity index (χ3v) is 6.71. The van der Waals surface area contributed by atoms with Gasteiger partial charge < -0.3 is 0 Å². The average Bonchev–Trinajstić information content (AvgIpc) is 3.33. The fourth-order valence-corrected chi connectivity index (χ4v) is 4.88. The van der Waals surface area contributed by atoms with Gasteiger partial charge in [0.25, 0.3) is 0 Å². The van der Waals surface area contributed by atoms with Crippen LogP contribution in [0.2, 0.25) is 5.02 Å². The molecule has 0 amide bonds. The van der Waals surface area contributed by atoms with E-state index in [1.165, 1.54) is 4.31 Å². The first kappa shape index (κ1) is 17.2. The number of hydrogen-bond donors (Lipinski definition) is 0. The lowest BCUT2D eigenvalue weighted by molar-refractivity contribution is 0.428. The van der Waals surface area contributed by atoms with Crippen molar-refractivity contribution in [3.05, 3.63) is 65.9 Å². The summed E-state index contributed by atoms with van der Waals surface area (Å²) in [6.45, 7) is 0.880. The highest BCUT2D eigenvalue weighted by Gasteiger charge is 2.33. The van der Waals surface area contributed by atoms with Crippen molar-refractivity contribution in [1.82, 2.24) is 19.3 Å². The van der Waals surface area contributed by atoms with Gasteiger partial charge in [0.05, 0.1) is 17.1 Å². The molecule has 1 fully saturated rings. The Balaban J connectivity index is 1.55. The van der Waals surface area contributed by atoms with Crippen molar-refractivity contribution in [2.45, 2.75) is 17.4 Å². The number of sulfonamides is 1. The van der Waals surface area contributed by atoms with E-state index in [0.717, 1.165) is 17.5 Å². The molecule has 0 saturated carbocycles. The van der Waals surface area contributed by atoms with Crippen LogP contribution in [0.25, 0.3) is 11.1 Å². The van der Waals surface area contributed by atoms with Gasteiger partial charge in [-0.25, -0.2) is 13.1 Å². The predicted octanol–water partition coefficient (Wildman–Crippen LogP) is 3.23. The summed E-state index contributed by atoms with van der Waals surface area (Å²) in [5, 5.41) is 8.42. The highest BCUT2D eigenvalue weighted by molar-refractivity contribution is 7.89. The first-order valence-electron chi connectivity index (χ1n) is 8.26. The van der Waals surface area contributed by atoms with Crippen LogP contribution < -0.4 is 0 Å². The van der Waals surface area contributed by atoms with Crippen molar-refractivity contribution in [3.8, 4) is 11.1 Å². The zero-order chi connectivity index (χ0) is 18.1. The predicted molar refractivity (Wildman–Crippen MR) is 99.3 cm³/mol. The summed E-state index contributed by atoms with van der Waals surface area (Å²) in [6.07, 6.45) is 4.09. The van der Waals surface area contributed by atoms with Gasteiger partial charge in [0, 0.05) is 24.3 Å². The average molecular weight is 389 g/mol. The van der Waals surface area contributed by atoms with Crippen LogP contribution in [0.4, 0.5) is 0 Å². The van der Waals surface area contributed by atoms with Crippen molar-refractivity contribution < 1.29 is 8.42 Å². The van der Waals surface area contributed by atoms with E-state index in [-0.39, 0.29) is 6.04 Å². The van der Waals surface area contributed by atoms with Gasteiger partial charge in [-0.2, -0.15) is 4.31 Å². The Hall–Kier alpha value is -2.22. The van der Waals surface area contributed by atoms with Crippen LogP contribution in [0.15, 0.2) is 65.8 Å². The maximum absolute atomic E-state index is 12.9. The molecule has 2 aromatic carbocycles. The maximum Gasteiger partial charge on any atom is 0.243 e. The van der Waals surface area contributed by atoms with E-state index < -0.39 is 10.0 Å². The van der Waals surface area contributed by atoms with E-state index >= 15 is 0 Å². The van der Waals surface area contributed by atoms with Crippen LogP contribution in [0.5, 0.6) is 0 Å². The van der Waals surface area contributed by atoms with E-state index in [1.807, 2.05) is 36.4 Å². The largest absolute Gasteiger partial charge is 0.248 e. The zero-order valence-corrected chi connectivity index (χ0v) is 15.4. The van der Waals surface area contributed by atoms with Crippen molar-refractivity contribution in [1.29, 1.82) is 0 Å². The Morgan fingerprint density at radius 3 is 2.58 bits per heavy atom. The second-order valence-corrected chi connectivity index (χ2v) is 8.60. The molecule has 0 bridgehead atoms. The molecule has 2 heterocycles. The van der Waals surface area contributed by atoms with Gasteiger partial charge in [-0.05, 0) is 41.8 Å². The van der Waals surface area contributed by atoms with Gasteiger partial charge in [0.15, 0.2) is 0 Å². The minimum atomic E-state index is -3.52. The Morgan fingerprint density at radius 2 is 1.88 bits per heavy atom. The Kier molecular flexibility index (Phi) is 4.52. The van der Waals surface area contributed by atoms with Crippen LogP contribution in [0, 0.1) is 0 Å². The number of rotatable bonds is 4. The number of nitrogens with zero attached hydrogens (tertiary/aromatic N) is 4. The summed E-state index contributed by atoms with van der Waals surface area (Å²) in [7, 11) is -3.52. The molecule has 0 radical (unpaired) electrons. The van der Waals surface area contributed by atoms with Gasteiger partial charge in [-0.15, -0.1) is 5.10 Å². The SMILES string of the molecule is O=S(=O)(c1ccc(-c2cccc(Cl)c2)cc1)N1CC[C@@H](n2ccnn2)C1. The van der Waals surface area contributed by atoms with Crippen LogP contribution >= 0.6 is 11.6 Å². The molecular formula is C18H17ClN4O2S. The van der Waals surface area contributed by atoms with Gasteiger partial charge in [0.2, 0.25) is 10.0 Å². The van der Waals surface area contributed by atoms with E-state index in [1.54, 1.807) is 29.2 Å². The summed E-state index contributed by atoms with van der Waals surface area (Å²) in [5.74, 6) is 0. The summed E-state index contributed by atoms with van der Waals surface area (Å²) in [6, 6.07) is 14.4. The number of benzene rings is 2. The quantitative estimate of drug-likeness (QED) is 0.688. The van der Waals surface area contributed by atoms with Gasteiger partial charge in [0.1, 0.15) is 0 Å². The Bertz CT molecular complexity index is 1000. The van der Waals surface area contributed by atoms with E-state index in [0.29, 0.717) is 23.0 Å². The van der Waals surface area contributed by atoms with E-state index in [9.17, 15) is 8.42 Å². The maximum atomic E-state index is 12.9. The minimum absolute atomic E-state index is 0.0259. The molecule has 26 heavy (non-hydrogen) atoms. The van der Waals surface area contributed by atoms with Crippen LogP contribution in [0.1, 0.15) is 12.5 Å². The monoisotopic (exact) mass is 388 g/mol. The molecule has 0 aliphatic carbocycles. The van der Waals surface area contributed by atoms with Crippen molar-refractivity contribution in [2.75, 3.05) is 13.1 Å². The summed E-state index contributed by atoms with van der Waals surface area (Å²) >= 11 is 6.03. The number of aromatic nitrogens is 3. The fraction of sp³-hybridized carbons (Fsp3) is 0.222. The molecule has 8 heteroatoms. The second kappa shape index (κ2) is 6.83. The van der Waals surface area contributed by atoms with E-state index in [2.05, 4.69) is 10.3 Å². The summed E-state index contributed by atoms with van der Waals surface area (Å²) < 4.78 is 29.0. The highest BCUT2D eigenvalue weighted by Crippen LogP contribution is 2.29. The van der Waals surface area contributed by atoms with Crippen LogP contribution in [-0.2, 0) is 10.0 Å². The van der Waals surface area contributed by atoms with Gasteiger partial charge >= 0.3 is 0 Å². The van der Waals surface area contributed by atoms with Crippen LogP contribution in [0.3, 0.4) is 0 Å². The topological polar surface area (TPSA) is 68.1 Å². The standard InChI is InChI=1S/C18H17ClN4O2S/c19-16-3-1-2-15(12-16)14-4-6-18(7-5-14)26(24,25)22-10-8-17(13-22)23-11-9-20-21-23/h1-7,9,11-12,17H,8,10,13H2/t17-/m1/s1. The Morgan fingerprint density at radius 1 is 1.08 bits per heavy atom. The normalized spacial score (nSPS) is 18.3. The highest BCUT2D eigenvalue weighted by atomic mass is 35.5. The Labute approximate surface area is 157 Å². The van der Waals surface area contributed by atoms with Gasteiger partial charge in [-0.1, -0.05) is 41.1 Å². The summed E-state index contributed by atoms with van der Waals surface area (Å²) in [5.41, 5.74) is 1.88. The molecule has 4 rings (SSSR count). The molecular weight excluding hydrogens is 372 g/mol. The zero-order valence-electron chi connectivity index (χ0n) is 13.9.